The van der Waals surface area contributed by atoms with E-state index in [9.17, 15) is 14.8 Å². The molecule has 0 fully saturated rings. The van der Waals surface area contributed by atoms with Crippen molar-refractivity contribution in [3.05, 3.63) is 94.6 Å². The number of hydrogen-bond donors (Lipinski definition) is 2. The first-order chi connectivity index (χ1) is 14.0. The van der Waals surface area contributed by atoms with E-state index in [1.807, 2.05) is 60.7 Å². The molecule has 1 amide bonds. The molecule has 1 aromatic heterocycles. The average Bonchev–Trinajstić information content (AvgIpc) is 2.77. The van der Waals surface area contributed by atoms with Crippen LogP contribution in [0.25, 0.3) is 16.5 Å². The quantitative estimate of drug-likeness (QED) is 0.531. The zero-order valence-electron chi connectivity index (χ0n) is 16.0. The van der Waals surface area contributed by atoms with Gasteiger partial charge in [-0.05, 0) is 42.2 Å². The summed E-state index contributed by atoms with van der Waals surface area (Å²) in [6.45, 7) is 2.15. The molecule has 1 atom stereocenters. The lowest BCUT2D eigenvalue weighted by molar-refractivity contribution is -0.135. The number of hydroxylamine groups is 1. The SMILES string of the molecule is CC1(C(=O)NO)CC=C(Cn2cnc3ccccc3c2=O)C=C1c1ccccc1. The molecule has 6 nitrogen and oxygen atoms in total. The Labute approximate surface area is 167 Å². The zero-order valence-corrected chi connectivity index (χ0v) is 16.0. The van der Waals surface area contributed by atoms with Gasteiger partial charge in [0.15, 0.2) is 0 Å². The molecule has 2 N–H and O–H groups in total. The van der Waals surface area contributed by atoms with Crippen LogP contribution in [0.2, 0.25) is 0 Å². The second kappa shape index (κ2) is 7.48. The molecule has 29 heavy (non-hydrogen) atoms. The lowest BCUT2D eigenvalue weighted by atomic mass is 9.71. The largest absolute Gasteiger partial charge is 0.294 e. The molecule has 3 aromatic rings. The number of hydrogen-bond acceptors (Lipinski definition) is 4. The zero-order chi connectivity index (χ0) is 20.4. The molecule has 1 heterocycles. The first-order valence-corrected chi connectivity index (χ1v) is 9.38. The van der Waals surface area contributed by atoms with Crippen molar-refractivity contribution in [1.29, 1.82) is 0 Å². The van der Waals surface area contributed by atoms with Gasteiger partial charge in [0, 0.05) is 0 Å². The molecule has 0 aliphatic heterocycles. The summed E-state index contributed by atoms with van der Waals surface area (Å²) in [5, 5.41) is 9.83. The molecule has 4 rings (SSSR count). The van der Waals surface area contributed by atoms with Crippen molar-refractivity contribution in [3.63, 3.8) is 0 Å². The van der Waals surface area contributed by atoms with E-state index in [1.54, 1.807) is 29.4 Å². The van der Waals surface area contributed by atoms with Gasteiger partial charge in [-0.1, -0.05) is 54.6 Å². The van der Waals surface area contributed by atoms with Gasteiger partial charge < -0.3 is 0 Å². The molecular formula is C23H21N3O3. The molecule has 0 saturated heterocycles. The topological polar surface area (TPSA) is 84.2 Å². The number of rotatable bonds is 4. The maximum Gasteiger partial charge on any atom is 0.261 e. The first-order valence-electron chi connectivity index (χ1n) is 9.38. The van der Waals surface area contributed by atoms with Crippen LogP contribution >= 0.6 is 0 Å². The Morgan fingerprint density at radius 2 is 1.90 bits per heavy atom. The maximum absolute atomic E-state index is 12.8. The monoisotopic (exact) mass is 387 g/mol. The highest BCUT2D eigenvalue weighted by Gasteiger charge is 2.38. The fourth-order valence-electron chi connectivity index (χ4n) is 3.73. The van der Waals surface area contributed by atoms with E-state index >= 15 is 0 Å². The Balaban J connectivity index is 1.74. The Morgan fingerprint density at radius 1 is 1.17 bits per heavy atom. The second-order valence-electron chi connectivity index (χ2n) is 7.38. The smallest absolute Gasteiger partial charge is 0.261 e. The van der Waals surface area contributed by atoms with Crippen LogP contribution in [-0.4, -0.2) is 20.7 Å². The molecule has 0 spiro atoms. The molecule has 2 aromatic carbocycles. The van der Waals surface area contributed by atoms with E-state index in [-0.39, 0.29) is 5.56 Å². The normalized spacial score (nSPS) is 18.8. The molecule has 0 saturated carbocycles. The minimum Gasteiger partial charge on any atom is -0.294 e. The van der Waals surface area contributed by atoms with E-state index in [0.717, 1.165) is 16.7 Å². The first kappa shape index (κ1) is 18.8. The van der Waals surface area contributed by atoms with Crippen molar-refractivity contribution in [2.24, 2.45) is 5.41 Å². The van der Waals surface area contributed by atoms with Crippen molar-refractivity contribution in [1.82, 2.24) is 15.0 Å². The number of aromatic nitrogens is 2. The lowest BCUT2D eigenvalue weighted by Crippen LogP contribution is -2.39. The molecule has 1 aliphatic carbocycles. The molecular weight excluding hydrogens is 366 g/mol. The molecule has 1 unspecified atom stereocenters. The highest BCUT2D eigenvalue weighted by atomic mass is 16.5. The van der Waals surface area contributed by atoms with Crippen LogP contribution in [0.1, 0.15) is 18.9 Å². The number of para-hydroxylation sites is 1. The minimum absolute atomic E-state index is 0.104. The summed E-state index contributed by atoms with van der Waals surface area (Å²) in [5.41, 5.74) is 4.05. The number of carbonyl (C=O) groups excluding carboxylic acids is 1. The van der Waals surface area contributed by atoms with Crippen molar-refractivity contribution in [2.45, 2.75) is 19.9 Å². The van der Waals surface area contributed by atoms with Crippen molar-refractivity contribution >= 4 is 22.4 Å². The second-order valence-corrected chi connectivity index (χ2v) is 7.38. The average molecular weight is 387 g/mol. The standard InChI is InChI=1S/C23H21N3O3/c1-23(22(28)25-29)12-11-16(13-19(23)17-7-3-2-4-8-17)14-26-15-24-20-10-6-5-9-18(20)21(26)27/h2-11,13,15,29H,12,14H2,1H3,(H,25,28). The number of benzene rings is 2. The maximum atomic E-state index is 12.8. The Bertz CT molecular complexity index is 1190. The van der Waals surface area contributed by atoms with Crippen LogP contribution in [0.15, 0.2) is 83.4 Å². The summed E-state index contributed by atoms with van der Waals surface area (Å²) in [6.07, 6.45) is 5.82. The van der Waals surface area contributed by atoms with Crippen LogP contribution in [0, 0.1) is 5.41 Å². The van der Waals surface area contributed by atoms with Crippen LogP contribution in [-0.2, 0) is 11.3 Å². The van der Waals surface area contributed by atoms with E-state index in [1.165, 1.54) is 0 Å². The number of carbonyl (C=O) groups is 1. The Morgan fingerprint density at radius 3 is 2.66 bits per heavy atom. The van der Waals surface area contributed by atoms with E-state index in [4.69, 9.17) is 0 Å². The summed E-state index contributed by atoms with van der Waals surface area (Å²) in [7, 11) is 0. The van der Waals surface area contributed by atoms with Gasteiger partial charge in [0.05, 0.1) is 29.2 Å². The van der Waals surface area contributed by atoms with Crippen LogP contribution in [0.5, 0.6) is 0 Å². The fraction of sp³-hybridized carbons (Fsp3) is 0.174. The number of amides is 1. The van der Waals surface area contributed by atoms with Gasteiger partial charge in [0.1, 0.15) is 0 Å². The highest BCUT2D eigenvalue weighted by Crippen LogP contribution is 2.42. The van der Waals surface area contributed by atoms with Gasteiger partial charge in [-0.25, -0.2) is 10.5 Å². The van der Waals surface area contributed by atoms with Crippen LogP contribution in [0.4, 0.5) is 0 Å². The predicted octanol–water partition coefficient (Wildman–Crippen LogP) is 3.32. The number of fused-ring (bicyclic) bond motifs is 1. The lowest BCUT2D eigenvalue weighted by Gasteiger charge is -2.33. The van der Waals surface area contributed by atoms with Crippen LogP contribution < -0.4 is 11.0 Å². The Kier molecular flexibility index (Phi) is 4.86. The minimum atomic E-state index is -0.911. The molecule has 0 radical (unpaired) electrons. The van der Waals surface area contributed by atoms with E-state index < -0.39 is 11.3 Å². The summed E-state index contributed by atoms with van der Waals surface area (Å²) in [4.78, 5) is 29.6. The van der Waals surface area contributed by atoms with Gasteiger partial charge in [-0.15, -0.1) is 0 Å². The third-order valence-corrected chi connectivity index (χ3v) is 5.47. The van der Waals surface area contributed by atoms with Gasteiger partial charge >= 0.3 is 0 Å². The summed E-state index contributed by atoms with van der Waals surface area (Å²) >= 11 is 0. The Hall–Kier alpha value is -3.51. The van der Waals surface area contributed by atoms with Crippen molar-refractivity contribution in [3.8, 4) is 0 Å². The van der Waals surface area contributed by atoms with Gasteiger partial charge in [0.25, 0.3) is 11.5 Å². The van der Waals surface area contributed by atoms with Gasteiger partial charge in [-0.2, -0.15) is 0 Å². The number of nitrogens with zero attached hydrogens (tertiary/aromatic N) is 2. The van der Waals surface area contributed by atoms with E-state index in [0.29, 0.717) is 23.9 Å². The molecule has 0 bridgehead atoms. The summed E-state index contributed by atoms with van der Waals surface area (Å²) in [6, 6.07) is 16.8. The third kappa shape index (κ3) is 3.39. The van der Waals surface area contributed by atoms with Gasteiger partial charge in [-0.3, -0.25) is 19.4 Å². The van der Waals surface area contributed by atoms with Crippen molar-refractivity contribution < 1.29 is 10.0 Å². The molecule has 6 heteroatoms. The number of allylic oxidation sites excluding steroid dienone is 3. The van der Waals surface area contributed by atoms with Gasteiger partial charge in [0.2, 0.25) is 0 Å². The predicted molar refractivity (Wildman–Crippen MR) is 111 cm³/mol. The highest BCUT2D eigenvalue weighted by molar-refractivity contribution is 5.97. The summed E-state index contributed by atoms with van der Waals surface area (Å²) in [5.74, 6) is -0.465. The summed E-state index contributed by atoms with van der Waals surface area (Å²) < 4.78 is 1.57. The van der Waals surface area contributed by atoms with E-state index in [2.05, 4.69) is 4.98 Å². The fourth-order valence-corrected chi connectivity index (χ4v) is 3.73. The number of nitrogens with one attached hydrogen (secondary N) is 1. The van der Waals surface area contributed by atoms with Crippen LogP contribution in [0.3, 0.4) is 0 Å². The third-order valence-electron chi connectivity index (χ3n) is 5.47. The van der Waals surface area contributed by atoms with Crippen molar-refractivity contribution in [2.75, 3.05) is 0 Å². The molecule has 1 aliphatic rings. The molecule has 146 valence electrons.